The van der Waals surface area contributed by atoms with Gasteiger partial charge in [-0.1, -0.05) is 30.3 Å². The maximum atomic E-state index is 12.3. The third kappa shape index (κ3) is 2.22. The van der Waals surface area contributed by atoms with Crippen LogP contribution in [0.5, 0.6) is 0 Å². The minimum absolute atomic E-state index is 0.0593. The largest absolute Gasteiger partial charge is 0.351 e. The number of amides is 1. The van der Waals surface area contributed by atoms with E-state index >= 15 is 0 Å². The molecule has 0 saturated heterocycles. The van der Waals surface area contributed by atoms with E-state index in [1.165, 1.54) is 11.0 Å². The molecule has 6 heteroatoms. The monoisotopic (exact) mass is 243 g/mol. The molecule has 1 amide bonds. The highest BCUT2D eigenvalue weighted by Gasteiger charge is 2.29. The number of carbonyl (C=O) groups excluding carboxylic acids is 1. The third-order valence-electron chi connectivity index (χ3n) is 2.92. The lowest BCUT2D eigenvalue weighted by Crippen LogP contribution is -2.35. The Balaban J connectivity index is 1.90. The van der Waals surface area contributed by atoms with E-state index in [-0.39, 0.29) is 5.91 Å². The van der Waals surface area contributed by atoms with Crippen LogP contribution in [0, 0.1) is 0 Å². The van der Waals surface area contributed by atoms with Crippen LogP contribution in [0.3, 0.4) is 0 Å². The molecule has 1 atom stereocenters. The molecule has 0 unspecified atom stereocenters. The molecule has 0 radical (unpaired) electrons. The molecule has 1 aliphatic rings. The average Bonchev–Trinajstić information content (AvgIpc) is 3.04. The van der Waals surface area contributed by atoms with Gasteiger partial charge in [-0.05, 0) is 28.8 Å². The van der Waals surface area contributed by atoms with E-state index in [0.29, 0.717) is 6.04 Å². The fourth-order valence-electron chi connectivity index (χ4n) is 1.85. The fraction of sp³-hybridized carbons (Fsp3) is 0.333. The molecular weight excluding hydrogens is 230 g/mol. The standard InChI is InChI=1S/C12H13N5O/c18-12(14-10-6-7-10)11(17-8-13-15-16-17)9-4-2-1-3-5-9/h1-5,8,10-11H,6-7H2,(H,14,18)/t11-/m0/s1. The van der Waals surface area contributed by atoms with E-state index in [2.05, 4.69) is 20.8 Å². The third-order valence-corrected chi connectivity index (χ3v) is 2.92. The summed E-state index contributed by atoms with van der Waals surface area (Å²) in [5, 5.41) is 14.0. The van der Waals surface area contributed by atoms with Crippen LogP contribution in [-0.4, -0.2) is 32.2 Å². The second kappa shape index (κ2) is 4.56. The second-order valence-corrected chi connectivity index (χ2v) is 4.39. The van der Waals surface area contributed by atoms with Crippen molar-refractivity contribution in [3.63, 3.8) is 0 Å². The zero-order chi connectivity index (χ0) is 12.4. The van der Waals surface area contributed by atoms with Gasteiger partial charge in [-0.15, -0.1) is 5.10 Å². The number of nitrogens with zero attached hydrogens (tertiary/aromatic N) is 4. The highest BCUT2D eigenvalue weighted by molar-refractivity contribution is 5.83. The Morgan fingerprint density at radius 3 is 2.72 bits per heavy atom. The molecular formula is C12H13N5O. The normalized spacial score (nSPS) is 16.2. The quantitative estimate of drug-likeness (QED) is 0.850. The first-order valence-electron chi connectivity index (χ1n) is 5.92. The van der Waals surface area contributed by atoms with Gasteiger partial charge in [-0.25, -0.2) is 4.68 Å². The first-order chi connectivity index (χ1) is 8.84. The lowest BCUT2D eigenvalue weighted by molar-refractivity contribution is -0.123. The van der Waals surface area contributed by atoms with Crippen LogP contribution >= 0.6 is 0 Å². The summed E-state index contributed by atoms with van der Waals surface area (Å²) >= 11 is 0. The van der Waals surface area contributed by atoms with Crippen molar-refractivity contribution >= 4 is 5.91 Å². The Kier molecular flexibility index (Phi) is 2.76. The predicted octanol–water partition coefficient (Wildman–Crippen LogP) is 0.541. The van der Waals surface area contributed by atoms with E-state index in [1.807, 2.05) is 30.3 Å². The Bertz CT molecular complexity index is 521. The zero-order valence-corrected chi connectivity index (χ0v) is 9.73. The molecule has 18 heavy (non-hydrogen) atoms. The molecule has 1 saturated carbocycles. The minimum atomic E-state index is -0.498. The topological polar surface area (TPSA) is 72.7 Å². The molecule has 6 nitrogen and oxygen atoms in total. The van der Waals surface area contributed by atoms with Gasteiger partial charge in [0.25, 0.3) is 0 Å². The van der Waals surface area contributed by atoms with Crippen molar-refractivity contribution in [2.75, 3.05) is 0 Å². The maximum Gasteiger partial charge on any atom is 0.249 e. The molecule has 0 bridgehead atoms. The first-order valence-corrected chi connectivity index (χ1v) is 5.92. The van der Waals surface area contributed by atoms with Crippen molar-refractivity contribution < 1.29 is 4.79 Å². The van der Waals surface area contributed by atoms with Gasteiger partial charge in [0.05, 0.1) is 0 Å². The summed E-state index contributed by atoms with van der Waals surface area (Å²) in [6.07, 6.45) is 3.58. The van der Waals surface area contributed by atoms with Crippen molar-refractivity contribution in [2.24, 2.45) is 0 Å². The van der Waals surface area contributed by atoms with Gasteiger partial charge in [0.1, 0.15) is 6.33 Å². The maximum absolute atomic E-state index is 12.3. The number of aromatic nitrogens is 4. The van der Waals surface area contributed by atoms with Crippen molar-refractivity contribution in [2.45, 2.75) is 24.9 Å². The highest BCUT2D eigenvalue weighted by atomic mass is 16.2. The van der Waals surface area contributed by atoms with Gasteiger partial charge >= 0.3 is 0 Å². The molecule has 92 valence electrons. The van der Waals surface area contributed by atoms with Gasteiger partial charge in [-0.2, -0.15) is 0 Å². The van der Waals surface area contributed by atoms with E-state index < -0.39 is 6.04 Å². The number of hydrogen-bond donors (Lipinski definition) is 1. The number of hydrogen-bond acceptors (Lipinski definition) is 4. The summed E-state index contributed by atoms with van der Waals surface area (Å²) in [5.74, 6) is -0.0593. The smallest absolute Gasteiger partial charge is 0.249 e. The molecule has 1 aliphatic carbocycles. The Labute approximate surface area is 104 Å². The van der Waals surface area contributed by atoms with Crippen LogP contribution in [0.2, 0.25) is 0 Å². The van der Waals surface area contributed by atoms with Crippen LogP contribution in [0.25, 0.3) is 0 Å². The highest BCUT2D eigenvalue weighted by Crippen LogP contribution is 2.22. The Hall–Kier alpha value is -2.24. The van der Waals surface area contributed by atoms with Gasteiger partial charge < -0.3 is 5.32 Å². The van der Waals surface area contributed by atoms with Crippen LogP contribution in [0.1, 0.15) is 24.4 Å². The molecule has 1 aromatic heterocycles. The molecule has 1 N–H and O–H groups in total. The van der Waals surface area contributed by atoms with Crippen molar-refractivity contribution in [1.29, 1.82) is 0 Å². The Morgan fingerprint density at radius 2 is 2.11 bits per heavy atom. The number of rotatable bonds is 4. The number of nitrogens with one attached hydrogen (secondary N) is 1. The first kappa shape index (κ1) is 10.9. The summed E-state index contributed by atoms with van der Waals surface area (Å²) in [4.78, 5) is 12.3. The molecule has 2 aromatic rings. The summed E-state index contributed by atoms with van der Waals surface area (Å²) in [7, 11) is 0. The number of carbonyl (C=O) groups is 1. The van der Waals surface area contributed by atoms with E-state index in [4.69, 9.17) is 0 Å². The SMILES string of the molecule is O=C(NC1CC1)[C@H](c1ccccc1)n1cnnn1. The molecule has 3 rings (SSSR count). The van der Waals surface area contributed by atoms with Crippen molar-refractivity contribution in [3.8, 4) is 0 Å². The number of benzene rings is 1. The summed E-state index contributed by atoms with van der Waals surface area (Å²) < 4.78 is 1.48. The molecule has 1 heterocycles. The zero-order valence-electron chi connectivity index (χ0n) is 9.73. The van der Waals surface area contributed by atoms with Crippen molar-refractivity contribution in [1.82, 2.24) is 25.5 Å². The van der Waals surface area contributed by atoms with Gasteiger partial charge in [0.15, 0.2) is 6.04 Å². The van der Waals surface area contributed by atoms with E-state index in [9.17, 15) is 4.79 Å². The summed E-state index contributed by atoms with van der Waals surface area (Å²) in [5.41, 5.74) is 0.878. The van der Waals surface area contributed by atoms with E-state index in [0.717, 1.165) is 18.4 Å². The second-order valence-electron chi connectivity index (χ2n) is 4.39. The van der Waals surface area contributed by atoms with E-state index in [1.54, 1.807) is 0 Å². The predicted molar refractivity (Wildman–Crippen MR) is 63.6 cm³/mol. The molecule has 1 aromatic carbocycles. The van der Waals surface area contributed by atoms with Crippen LogP contribution in [0.15, 0.2) is 36.7 Å². The molecule has 1 fully saturated rings. The van der Waals surface area contributed by atoms with Gasteiger partial charge in [0.2, 0.25) is 5.91 Å². The Morgan fingerprint density at radius 1 is 1.33 bits per heavy atom. The molecule has 0 aliphatic heterocycles. The minimum Gasteiger partial charge on any atom is -0.351 e. The van der Waals surface area contributed by atoms with Crippen molar-refractivity contribution in [3.05, 3.63) is 42.2 Å². The van der Waals surface area contributed by atoms with Crippen LogP contribution in [-0.2, 0) is 4.79 Å². The lowest BCUT2D eigenvalue weighted by Gasteiger charge is -2.16. The van der Waals surface area contributed by atoms with Gasteiger partial charge in [0, 0.05) is 6.04 Å². The summed E-state index contributed by atoms with van der Waals surface area (Å²) in [6, 6.07) is 9.34. The summed E-state index contributed by atoms with van der Waals surface area (Å²) in [6.45, 7) is 0. The lowest BCUT2D eigenvalue weighted by atomic mass is 10.1. The number of tetrazole rings is 1. The van der Waals surface area contributed by atoms with Gasteiger partial charge in [-0.3, -0.25) is 4.79 Å². The fourth-order valence-corrected chi connectivity index (χ4v) is 1.85. The molecule has 0 spiro atoms. The average molecular weight is 243 g/mol. The van der Waals surface area contributed by atoms with Crippen LogP contribution in [0.4, 0.5) is 0 Å². The van der Waals surface area contributed by atoms with Crippen LogP contribution < -0.4 is 5.32 Å².